The second-order valence-electron chi connectivity index (χ2n) is 5.39. The molecule has 0 spiro atoms. The molecule has 4 heteroatoms. The lowest BCUT2D eigenvalue weighted by Crippen LogP contribution is -2.39. The first-order valence-corrected chi connectivity index (χ1v) is 6.54. The van der Waals surface area contributed by atoms with Crippen molar-refractivity contribution in [1.82, 2.24) is 14.3 Å². The molecule has 3 rings (SSSR count). The van der Waals surface area contributed by atoms with Crippen LogP contribution in [0.2, 0.25) is 0 Å². The van der Waals surface area contributed by atoms with Gasteiger partial charge in [-0.05, 0) is 51.1 Å². The molecule has 2 unspecified atom stereocenters. The summed E-state index contributed by atoms with van der Waals surface area (Å²) in [5, 5.41) is 0. The van der Waals surface area contributed by atoms with Crippen molar-refractivity contribution < 1.29 is 0 Å². The summed E-state index contributed by atoms with van der Waals surface area (Å²) in [6.07, 6.45) is 6.28. The van der Waals surface area contributed by atoms with Crippen molar-refractivity contribution in [3.05, 3.63) is 35.8 Å². The smallest absolute Gasteiger partial charge is 0.137 e. The first-order valence-electron chi connectivity index (χ1n) is 6.54. The number of nitrogens with two attached hydrogens (primary N) is 1. The van der Waals surface area contributed by atoms with E-state index in [1.807, 2.05) is 6.92 Å². The minimum Gasteiger partial charge on any atom is -0.328 e. The molecule has 2 N–H and O–H groups in total. The van der Waals surface area contributed by atoms with Gasteiger partial charge in [-0.15, -0.1) is 0 Å². The van der Waals surface area contributed by atoms with Crippen LogP contribution < -0.4 is 5.73 Å². The third-order valence-corrected chi connectivity index (χ3v) is 3.90. The van der Waals surface area contributed by atoms with E-state index in [2.05, 4.69) is 45.9 Å². The predicted molar refractivity (Wildman–Crippen MR) is 72.5 cm³/mol. The molecule has 2 aromatic rings. The average molecular weight is 244 g/mol. The van der Waals surface area contributed by atoms with E-state index in [0.717, 1.165) is 30.7 Å². The van der Waals surface area contributed by atoms with Gasteiger partial charge in [0.1, 0.15) is 5.65 Å². The lowest BCUT2D eigenvalue weighted by atomic mass is 9.93. The van der Waals surface area contributed by atoms with E-state index in [9.17, 15) is 0 Å². The van der Waals surface area contributed by atoms with E-state index in [4.69, 9.17) is 5.73 Å². The Morgan fingerprint density at radius 3 is 3.11 bits per heavy atom. The number of rotatable bonds is 1. The Hall–Kier alpha value is -1.39. The molecular weight excluding hydrogens is 224 g/mol. The van der Waals surface area contributed by atoms with E-state index in [1.165, 1.54) is 5.56 Å². The summed E-state index contributed by atoms with van der Waals surface area (Å²) in [6.45, 7) is 3.10. The van der Waals surface area contributed by atoms with Crippen molar-refractivity contribution in [3.63, 3.8) is 0 Å². The Morgan fingerprint density at radius 2 is 2.28 bits per heavy atom. The molecule has 0 amide bonds. The molecule has 1 aliphatic rings. The van der Waals surface area contributed by atoms with Gasteiger partial charge in [-0.25, -0.2) is 4.98 Å². The summed E-state index contributed by atoms with van der Waals surface area (Å²) in [6, 6.07) is 5.12. The van der Waals surface area contributed by atoms with Gasteiger partial charge in [-0.3, -0.25) is 4.90 Å². The van der Waals surface area contributed by atoms with Crippen molar-refractivity contribution in [2.45, 2.75) is 31.8 Å². The first-order chi connectivity index (χ1) is 8.63. The van der Waals surface area contributed by atoms with Crippen LogP contribution in [0.25, 0.3) is 5.65 Å². The largest absolute Gasteiger partial charge is 0.328 e. The quantitative estimate of drug-likeness (QED) is 0.831. The molecule has 0 bridgehead atoms. The third-order valence-electron chi connectivity index (χ3n) is 3.90. The van der Waals surface area contributed by atoms with Crippen molar-refractivity contribution in [2.75, 3.05) is 13.6 Å². The molecule has 2 atom stereocenters. The highest BCUT2D eigenvalue weighted by Crippen LogP contribution is 2.29. The van der Waals surface area contributed by atoms with E-state index in [1.54, 1.807) is 0 Å². The van der Waals surface area contributed by atoms with Gasteiger partial charge in [0.2, 0.25) is 0 Å². The molecule has 1 aliphatic heterocycles. The van der Waals surface area contributed by atoms with Crippen LogP contribution in [0.5, 0.6) is 0 Å². The van der Waals surface area contributed by atoms with Crippen molar-refractivity contribution in [1.29, 1.82) is 0 Å². The first kappa shape index (κ1) is 11.7. The normalized spacial score (nSPS) is 25.7. The maximum absolute atomic E-state index is 6.09. The van der Waals surface area contributed by atoms with Crippen molar-refractivity contribution in [2.24, 2.45) is 5.73 Å². The van der Waals surface area contributed by atoms with Crippen LogP contribution in [-0.4, -0.2) is 33.9 Å². The van der Waals surface area contributed by atoms with Gasteiger partial charge in [-0.2, -0.15) is 0 Å². The van der Waals surface area contributed by atoms with E-state index >= 15 is 0 Å². The zero-order chi connectivity index (χ0) is 12.7. The zero-order valence-electron chi connectivity index (χ0n) is 11.0. The Kier molecular flexibility index (Phi) is 2.84. The number of aryl methyl sites for hydroxylation is 1. The predicted octanol–water partition coefficient (Wildman–Crippen LogP) is 1.74. The molecule has 0 saturated carbocycles. The molecular formula is C14H20N4. The maximum atomic E-state index is 6.09. The molecule has 4 nitrogen and oxygen atoms in total. The topological polar surface area (TPSA) is 46.6 Å². The number of piperidine rings is 1. The molecule has 1 fully saturated rings. The lowest BCUT2D eigenvalue weighted by Gasteiger charge is -2.36. The summed E-state index contributed by atoms with van der Waals surface area (Å²) in [5.74, 6) is 0. The molecule has 0 radical (unpaired) electrons. The number of likely N-dealkylation sites (tertiary alicyclic amines) is 1. The Balaban J connectivity index is 1.97. The molecule has 3 heterocycles. The SMILES string of the molecule is Cc1cn2ccc(C3CC(N)CCN3C)cc2n1. The van der Waals surface area contributed by atoms with Crippen LogP contribution in [0.4, 0.5) is 0 Å². The number of nitrogens with zero attached hydrogens (tertiary/aromatic N) is 3. The fraction of sp³-hybridized carbons (Fsp3) is 0.500. The molecule has 1 saturated heterocycles. The van der Waals surface area contributed by atoms with Crippen LogP contribution in [0.15, 0.2) is 24.5 Å². The standard InChI is InChI=1S/C14H20N4/c1-10-9-18-6-3-11(7-14(18)16-10)13-8-12(15)4-5-17(13)2/h3,6-7,9,12-13H,4-5,8,15H2,1-2H3. The van der Waals surface area contributed by atoms with Gasteiger partial charge in [0.15, 0.2) is 0 Å². The fourth-order valence-electron chi connectivity index (χ4n) is 2.83. The molecule has 0 aromatic carbocycles. The summed E-state index contributed by atoms with van der Waals surface area (Å²) in [4.78, 5) is 6.92. The number of fused-ring (bicyclic) bond motifs is 1. The minimum atomic E-state index is 0.323. The Labute approximate surface area is 107 Å². The third kappa shape index (κ3) is 2.02. The van der Waals surface area contributed by atoms with Gasteiger partial charge < -0.3 is 10.1 Å². The van der Waals surface area contributed by atoms with Crippen molar-refractivity contribution in [3.8, 4) is 0 Å². The maximum Gasteiger partial charge on any atom is 0.137 e. The van der Waals surface area contributed by atoms with Crippen LogP contribution in [0.3, 0.4) is 0 Å². The number of aromatic nitrogens is 2. The Bertz CT molecular complexity index is 560. The van der Waals surface area contributed by atoms with E-state index in [-0.39, 0.29) is 0 Å². The highest BCUT2D eigenvalue weighted by Gasteiger charge is 2.25. The van der Waals surface area contributed by atoms with Gasteiger partial charge >= 0.3 is 0 Å². The monoisotopic (exact) mass is 244 g/mol. The average Bonchev–Trinajstić information content (AvgIpc) is 2.71. The highest BCUT2D eigenvalue weighted by molar-refractivity contribution is 5.43. The molecule has 2 aromatic heterocycles. The molecule has 18 heavy (non-hydrogen) atoms. The molecule has 0 aliphatic carbocycles. The van der Waals surface area contributed by atoms with Crippen LogP contribution in [0, 0.1) is 6.92 Å². The van der Waals surface area contributed by atoms with E-state index in [0.29, 0.717) is 12.1 Å². The van der Waals surface area contributed by atoms with Crippen molar-refractivity contribution >= 4 is 5.65 Å². The second kappa shape index (κ2) is 4.37. The summed E-state index contributed by atoms with van der Waals surface area (Å²) in [7, 11) is 2.18. The van der Waals surface area contributed by atoms with Gasteiger partial charge in [0, 0.05) is 24.5 Å². The zero-order valence-corrected chi connectivity index (χ0v) is 11.0. The Morgan fingerprint density at radius 1 is 1.44 bits per heavy atom. The summed E-state index contributed by atoms with van der Waals surface area (Å²) < 4.78 is 2.07. The number of pyridine rings is 1. The second-order valence-corrected chi connectivity index (χ2v) is 5.39. The fourth-order valence-corrected chi connectivity index (χ4v) is 2.83. The van der Waals surface area contributed by atoms with Crippen LogP contribution in [0.1, 0.15) is 30.1 Å². The summed E-state index contributed by atoms with van der Waals surface area (Å²) in [5.41, 5.74) is 9.50. The highest BCUT2D eigenvalue weighted by atomic mass is 15.1. The van der Waals surface area contributed by atoms with Gasteiger partial charge in [0.05, 0.1) is 5.69 Å². The number of imidazole rings is 1. The summed E-state index contributed by atoms with van der Waals surface area (Å²) >= 11 is 0. The van der Waals surface area contributed by atoms with Gasteiger partial charge in [-0.1, -0.05) is 0 Å². The van der Waals surface area contributed by atoms with Crippen LogP contribution in [-0.2, 0) is 0 Å². The minimum absolute atomic E-state index is 0.323. The van der Waals surface area contributed by atoms with E-state index < -0.39 is 0 Å². The van der Waals surface area contributed by atoms with Gasteiger partial charge in [0.25, 0.3) is 0 Å². The number of hydrogen-bond acceptors (Lipinski definition) is 3. The lowest BCUT2D eigenvalue weighted by molar-refractivity contribution is 0.171. The van der Waals surface area contributed by atoms with Crippen LogP contribution >= 0.6 is 0 Å². The number of hydrogen-bond donors (Lipinski definition) is 1. The molecule has 96 valence electrons.